The summed E-state index contributed by atoms with van der Waals surface area (Å²) < 4.78 is 0. The molecule has 21 heavy (non-hydrogen) atoms. The van der Waals surface area contributed by atoms with Gasteiger partial charge in [-0.2, -0.15) is 0 Å². The molecule has 0 saturated heterocycles. The van der Waals surface area contributed by atoms with Gasteiger partial charge in [-0.3, -0.25) is 4.79 Å². The van der Waals surface area contributed by atoms with E-state index in [1.165, 1.54) is 6.07 Å². The highest BCUT2D eigenvalue weighted by Crippen LogP contribution is 2.18. The number of aliphatic hydroxyl groups is 1. The minimum Gasteiger partial charge on any atom is -0.508 e. The quantitative estimate of drug-likeness (QED) is 0.813. The molecule has 0 spiro atoms. The summed E-state index contributed by atoms with van der Waals surface area (Å²) in [5, 5.41) is 22.8. The van der Waals surface area contributed by atoms with Crippen LogP contribution in [0.25, 0.3) is 0 Å². The van der Waals surface area contributed by atoms with Crippen molar-refractivity contribution in [3.05, 3.63) is 64.2 Å². The molecule has 0 aliphatic carbocycles. The Morgan fingerprint density at radius 3 is 2.52 bits per heavy atom. The number of carbonyl (C=O) groups excluding carboxylic acids is 1. The first-order valence-electron chi connectivity index (χ1n) is 6.48. The van der Waals surface area contributed by atoms with Crippen molar-refractivity contribution < 1.29 is 15.0 Å². The number of hydrogen-bond donors (Lipinski definition) is 3. The van der Waals surface area contributed by atoms with E-state index in [1.54, 1.807) is 43.3 Å². The summed E-state index contributed by atoms with van der Waals surface area (Å²) in [6, 6.07) is 11.5. The maximum Gasteiger partial charge on any atom is 0.251 e. The van der Waals surface area contributed by atoms with Crippen molar-refractivity contribution in [3.63, 3.8) is 0 Å². The van der Waals surface area contributed by atoms with Gasteiger partial charge in [-0.15, -0.1) is 0 Å². The molecule has 2 aromatic rings. The molecule has 0 radical (unpaired) electrons. The number of hydrogen-bond acceptors (Lipinski definition) is 3. The largest absolute Gasteiger partial charge is 0.508 e. The summed E-state index contributed by atoms with van der Waals surface area (Å²) in [6.07, 6.45) is -0.815. The molecule has 110 valence electrons. The van der Waals surface area contributed by atoms with Crippen LogP contribution < -0.4 is 5.32 Å². The monoisotopic (exact) mass is 305 g/mol. The van der Waals surface area contributed by atoms with Crippen molar-refractivity contribution in [1.29, 1.82) is 0 Å². The summed E-state index contributed by atoms with van der Waals surface area (Å²) >= 11 is 5.78. The molecule has 0 bridgehead atoms. The van der Waals surface area contributed by atoms with Gasteiger partial charge in [-0.25, -0.2) is 0 Å². The molecule has 3 N–H and O–H groups in total. The lowest BCUT2D eigenvalue weighted by molar-refractivity contribution is 0.0916. The average molecular weight is 306 g/mol. The van der Waals surface area contributed by atoms with Gasteiger partial charge in [0.1, 0.15) is 5.75 Å². The standard InChI is InChI=1S/C16H16ClNO3/c1-10-2-3-12(8-14(10)19)16(21)18-9-15(20)11-4-6-13(17)7-5-11/h2-8,15,19-20H,9H2,1H3,(H,18,21). The van der Waals surface area contributed by atoms with Crippen molar-refractivity contribution in [2.75, 3.05) is 6.54 Å². The second-order valence-corrected chi connectivity index (χ2v) is 5.22. The normalized spacial score (nSPS) is 12.0. The minimum atomic E-state index is -0.815. The molecule has 5 heteroatoms. The number of amides is 1. The van der Waals surface area contributed by atoms with Crippen molar-refractivity contribution in [3.8, 4) is 5.75 Å². The number of aromatic hydroxyl groups is 1. The van der Waals surface area contributed by atoms with Crippen molar-refractivity contribution in [2.45, 2.75) is 13.0 Å². The molecule has 1 atom stereocenters. The number of aryl methyl sites for hydroxylation is 1. The fraction of sp³-hybridized carbons (Fsp3) is 0.188. The average Bonchev–Trinajstić information content (AvgIpc) is 2.48. The topological polar surface area (TPSA) is 69.6 Å². The lowest BCUT2D eigenvalue weighted by atomic mass is 10.1. The van der Waals surface area contributed by atoms with Gasteiger partial charge in [0.25, 0.3) is 5.91 Å². The Morgan fingerprint density at radius 2 is 1.90 bits per heavy atom. The molecule has 0 fully saturated rings. The molecule has 2 aromatic carbocycles. The zero-order valence-corrected chi connectivity index (χ0v) is 12.3. The van der Waals surface area contributed by atoms with Crippen LogP contribution in [0, 0.1) is 6.92 Å². The van der Waals surface area contributed by atoms with E-state index in [-0.39, 0.29) is 18.2 Å². The van der Waals surface area contributed by atoms with Crippen LogP contribution in [-0.4, -0.2) is 22.7 Å². The Labute approximate surface area is 128 Å². The number of rotatable bonds is 4. The van der Waals surface area contributed by atoms with Crippen LogP contribution in [-0.2, 0) is 0 Å². The number of phenolic OH excluding ortho intramolecular Hbond substituents is 1. The highest BCUT2D eigenvalue weighted by atomic mass is 35.5. The zero-order chi connectivity index (χ0) is 15.4. The van der Waals surface area contributed by atoms with E-state index in [9.17, 15) is 15.0 Å². The summed E-state index contributed by atoms with van der Waals surface area (Å²) in [4.78, 5) is 11.9. The Kier molecular flexibility index (Phi) is 4.83. The molecule has 0 saturated carbocycles. The van der Waals surface area contributed by atoms with E-state index in [2.05, 4.69) is 5.32 Å². The third-order valence-corrected chi connectivity index (χ3v) is 3.43. The van der Waals surface area contributed by atoms with Crippen LogP contribution >= 0.6 is 11.6 Å². The van der Waals surface area contributed by atoms with E-state index in [0.717, 1.165) is 0 Å². The molecule has 4 nitrogen and oxygen atoms in total. The lowest BCUT2D eigenvalue weighted by Crippen LogP contribution is -2.28. The molecule has 0 aliphatic heterocycles. The van der Waals surface area contributed by atoms with E-state index in [4.69, 9.17) is 11.6 Å². The fourth-order valence-electron chi connectivity index (χ4n) is 1.84. The lowest BCUT2D eigenvalue weighted by Gasteiger charge is -2.12. The van der Waals surface area contributed by atoms with E-state index >= 15 is 0 Å². The number of nitrogens with one attached hydrogen (secondary N) is 1. The van der Waals surface area contributed by atoms with Gasteiger partial charge in [0, 0.05) is 17.1 Å². The molecule has 1 unspecified atom stereocenters. The first-order valence-corrected chi connectivity index (χ1v) is 6.86. The van der Waals surface area contributed by atoms with Crippen LogP contribution in [0.3, 0.4) is 0 Å². The Morgan fingerprint density at radius 1 is 1.24 bits per heavy atom. The van der Waals surface area contributed by atoms with E-state index in [0.29, 0.717) is 21.7 Å². The first-order chi connectivity index (χ1) is 9.97. The third-order valence-electron chi connectivity index (χ3n) is 3.18. The van der Waals surface area contributed by atoms with Crippen LogP contribution in [0.5, 0.6) is 5.75 Å². The fourth-order valence-corrected chi connectivity index (χ4v) is 1.97. The molecule has 2 rings (SSSR count). The molecule has 0 aromatic heterocycles. The van der Waals surface area contributed by atoms with Crippen LogP contribution in [0.15, 0.2) is 42.5 Å². The maximum atomic E-state index is 11.9. The highest BCUT2D eigenvalue weighted by molar-refractivity contribution is 6.30. The highest BCUT2D eigenvalue weighted by Gasteiger charge is 2.11. The number of carbonyl (C=O) groups is 1. The maximum absolute atomic E-state index is 11.9. The van der Waals surface area contributed by atoms with Gasteiger partial charge < -0.3 is 15.5 Å². The molecule has 0 heterocycles. The van der Waals surface area contributed by atoms with Gasteiger partial charge in [0.05, 0.1) is 6.10 Å². The van der Waals surface area contributed by atoms with Crippen molar-refractivity contribution in [1.82, 2.24) is 5.32 Å². The number of phenols is 1. The molecular weight excluding hydrogens is 290 g/mol. The second-order valence-electron chi connectivity index (χ2n) is 4.78. The van der Waals surface area contributed by atoms with Gasteiger partial charge in [-0.1, -0.05) is 29.8 Å². The first kappa shape index (κ1) is 15.4. The van der Waals surface area contributed by atoms with E-state index in [1.807, 2.05) is 0 Å². The SMILES string of the molecule is Cc1ccc(C(=O)NCC(O)c2ccc(Cl)cc2)cc1O. The second kappa shape index (κ2) is 6.61. The van der Waals surface area contributed by atoms with Crippen LogP contribution in [0.1, 0.15) is 27.6 Å². The number of halogens is 1. The third kappa shape index (κ3) is 3.97. The minimum absolute atomic E-state index is 0.0703. The Bertz CT molecular complexity index is 640. The predicted molar refractivity (Wildman–Crippen MR) is 81.6 cm³/mol. The van der Waals surface area contributed by atoms with Gasteiger partial charge in [0.2, 0.25) is 0 Å². The smallest absolute Gasteiger partial charge is 0.251 e. The van der Waals surface area contributed by atoms with E-state index < -0.39 is 6.10 Å². The van der Waals surface area contributed by atoms with Gasteiger partial charge >= 0.3 is 0 Å². The summed E-state index contributed by atoms with van der Waals surface area (Å²) in [6.45, 7) is 1.83. The zero-order valence-electron chi connectivity index (χ0n) is 11.5. The van der Waals surface area contributed by atoms with Crippen molar-refractivity contribution >= 4 is 17.5 Å². The number of benzene rings is 2. The summed E-state index contributed by atoms with van der Waals surface area (Å²) in [5.74, 6) is -0.279. The van der Waals surface area contributed by atoms with Gasteiger partial charge in [-0.05, 0) is 42.3 Å². The Hall–Kier alpha value is -2.04. The van der Waals surface area contributed by atoms with Gasteiger partial charge in [0.15, 0.2) is 0 Å². The molecule has 1 amide bonds. The summed E-state index contributed by atoms with van der Waals surface area (Å²) in [7, 11) is 0. The molecule has 0 aliphatic rings. The Balaban J connectivity index is 1.97. The number of aliphatic hydroxyl groups excluding tert-OH is 1. The predicted octanol–water partition coefficient (Wildman–Crippen LogP) is 2.82. The molecular formula is C16H16ClNO3. The summed E-state index contributed by atoms with van der Waals surface area (Å²) in [5.41, 5.74) is 1.72. The van der Waals surface area contributed by atoms with Crippen molar-refractivity contribution in [2.24, 2.45) is 0 Å². The van der Waals surface area contributed by atoms with Crippen LogP contribution in [0.2, 0.25) is 5.02 Å². The van der Waals surface area contributed by atoms with Crippen LogP contribution in [0.4, 0.5) is 0 Å².